The third-order valence-corrected chi connectivity index (χ3v) is 4.97. The van der Waals surface area contributed by atoms with Gasteiger partial charge in [-0.25, -0.2) is 0 Å². The second kappa shape index (κ2) is 9.97. The average molecular weight is 359 g/mol. The minimum Gasteiger partial charge on any atom is -0.489 e. The molecule has 0 fully saturated rings. The zero-order chi connectivity index (χ0) is 18.9. The average Bonchev–Trinajstić information content (AvgIpc) is 2.73. The van der Waals surface area contributed by atoms with E-state index in [1.54, 1.807) is 0 Å². The van der Waals surface area contributed by atoms with Crippen LogP contribution in [-0.4, -0.2) is 6.10 Å². The summed E-state index contributed by atoms with van der Waals surface area (Å²) >= 11 is 0. The van der Waals surface area contributed by atoms with Crippen LogP contribution in [-0.2, 0) is 0 Å². The SMILES string of the molecule is CCCCCCC(C)Oc1c(-c2ccccc2)cccc1-c1ccccc1. The van der Waals surface area contributed by atoms with Gasteiger partial charge >= 0.3 is 0 Å². The minimum absolute atomic E-state index is 0.203. The van der Waals surface area contributed by atoms with Crippen LogP contribution in [0.25, 0.3) is 22.3 Å². The van der Waals surface area contributed by atoms with Crippen molar-refractivity contribution < 1.29 is 4.74 Å². The van der Waals surface area contributed by atoms with Gasteiger partial charge in [-0.15, -0.1) is 0 Å². The summed E-state index contributed by atoms with van der Waals surface area (Å²) in [5.74, 6) is 0.998. The fraction of sp³-hybridized carbons (Fsp3) is 0.308. The van der Waals surface area contributed by atoms with E-state index < -0.39 is 0 Å². The van der Waals surface area contributed by atoms with Gasteiger partial charge in [0.1, 0.15) is 5.75 Å². The van der Waals surface area contributed by atoms with Crippen LogP contribution in [0.15, 0.2) is 78.9 Å². The summed E-state index contributed by atoms with van der Waals surface area (Å²) in [7, 11) is 0. The van der Waals surface area contributed by atoms with Gasteiger partial charge in [0.15, 0.2) is 0 Å². The van der Waals surface area contributed by atoms with E-state index in [1.165, 1.54) is 36.8 Å². The van der Waals surface area contributed by atoms with Gasteiger partial charge in [0.05, 0.1) is 6.10 Å². The van der Waals surface area contributed by atoms with Gasteiger partial charge in [-0.05, 0) is 30.9 Å². The fourth-order valence-electron chi connectivity index (χ4n) is 3.47. The van der Waals surface area contributed by atoms with Crippen molar-refractivity contribution in [2.24, 2.45) is 0 Å². The molecule has 0 bridgehead atoms. The molecule has 0 saturated heterocycles. The summed E-state index contributed by atoms with van der Waals surface area (Å²) < 4.78 is 6.57. The second-order valence-electron chi connectivity index (χ2n) is 7.19. The third-order valence-electron chi connectivity index (χ3n) is 4.97. The Kier molecular flexibility index (Phi) is 7.10. The molecule has 3 aromatic rings. The van der Waals surface area contributed by atoms with Crippen molar-refractivity contribution in [3.63, 3.8) is 0 Å². The van der Waals surface area contributed by atoms with Crippen LogP contribution < -0.4 is 4.74 Å². The van der Waals surface area contributed by atoms with Gasteiger partial charge in [0.2, 0.25) is 0 Å². The van der Waals surface area contributed by atoms with Crippen molar-refractivity contribution in [3.8, 4) is 28.0 Å². The molecule has 27 heavy (non-hydrogen) atoms. The quantitative estimate of drug-likeness (QED) is 0.355. The highest BCUT2D eigenvalue weighted by Gasteiger charge is 2.15. The highest BCUT2D eigenvalue weighted by Crippen LogP contribution is 2.39. The Morgan fingerprint density at radius 3 is 1.74 bits per heavy atom. The first-order chi connectivity index (χ1) is 13.3. The molecule has 140 valence electrons. The van der Waals surface area contributed by atoms with Crippen molar-refractivity contribution >= 4 is 0 Å². The van der Waals surface area contributed by atoms with E-state index in [0.29, 0.717) is 0 Å². The lowest BCUT2D eigenvalue weighted by atomic mass is 9.97. The van der Waals surface area contributed by atoms with Crippen molar-refractivity contribution in [1.29, 1.82) is 0 Å². The van der Waals surface area contributed by atoms with Crippen LogP contribution in [0.1, 0.15) is 46.0 Å². The highest BCUT2D eigenvalue weighted by molar-refractivity contribution is 5.82. The Labute approximate surface area is 164 Å². The summed E-state index contributed by atoms with van der Waals surface area (Å²) in [6.45, 7) is 4.45. The van der Waals surface area contributed by atoms with Gasteiger partial charge < -0.3 is 4.74 Å². The van der Waals surface area contributed by atoms with Crippen LogP contribution in [0.2, 0.25) is 0 Å². The smallest absolute Gasteiger partial charge is 0.135 e. The minimum atomic E-state index is 0.203. The maximum absolute atomic E-state index is 6.57. The number of para-hydroxylation sites is 1. The van der Waals surface area contributed by atoms with Crippen molar-refractivity contribution in [1.82, 2.24) is 0 Å². The maximum Gasteiger partial charge on any atom is 0.135 e. The Balaban J connectivity index is 1.93. The Morgan fingerprint density at radius 1 is 0.667 bits per heavy atom. The lowest BCUT2D eigenvalue weighted by Gasteiger charge is -2.21. The predicted octanol–water partition coefficient (Wildman–Crippen LogP) is 7.76. The number of unbranched alkanes of at least 4 members (excludes halogenated alkanes) is 3. The van der Waals surface area contributed by atoms with E-state index in [1.807, 2.05) is 0 Å². The van der Waals surface area contributed by atoms with E-state index in [2.05, 4.69) is 92.7 Å². The van der Waals surface area contributed by atoms with Crippen LogP contribution in [0.3, 0.4) is 0 Å². The lowest BCUT2D eigenvalue weighted by molar-refractivity contribution is 0.208. The van der Waals surface area contributed by atoms with E-state index in [4.69, 9.17) is 4.74 Å². The van der Waals surface area contributed by atoms with E-state index in [0.717, 1.165) is 23.3 Å². The van der Waals surface area contributed by atoms with Crippen LogP contribution in [0.5, 0.6) is 5.75 Å². The van der Waals surface area contributed by atoms with Gasteiger partial charge in [0.25, 0.3) is 0 Å². The van der Waals surface area contributed by atoms with Crippen LogP contribution in [0, 0.1) is 0 Å². The first-order valence-electron chi connectivity index (χ1n) is 10.2. The topological polar surface area (TPSA) is 9.23 Å². The molecule has 0 radical (unpaired) electrons. The Morgan fingerprint density at radius 2 is 1.22 bits per heavy atom. The summed E-state index contributed by atoms with van der Waals surface area (Å²) in [5, 5.41) is 0. The third kappa shape index (κ3) is 5.23. The highest BCUT2D eigenvalue weighted by atomic mass is 16.5. The second-order valence-corrected chi connectivity index (χ2v) is 7.19. The number of hydrogen-bond donors (Lipinski definition) is 0. The standard InChI is InChI=1S/C26H30O/c1-3-4-5-8-14-21(2)27-26-24(22-15-9-6-10-16-22)19-13-20-25(26)23-17-11-7-12-18-23/h6-7,9-13,15-21H,3-5,8,14H2,1-2H3. The van der Waals surface area contributed by atoms with E-state index >= 15 is 0 Å². The summed E-state index contributed by atoms with van der Waals surface area (Å²) in [5.41, 5.74) is 4.72. The molecular formula is C26H30O. The molecule has 0 amide bonds. The van der Waals surface area contributed by atoms with Crippen molar-refractivity contribution in [3.05, 3.63) is 78.9 Å². The molecule has 1 nitrogen and oxygen atoms in total. The summed E-state index contributed by atoms with van der Waals surface area (Å²) in [4.78, 5) is 0. The zero-order valence-corrected chi connectivity index (χ0v) is 16.5. The van der Waals surface area contributed by atoms with Gasteiger partial charge in [-0.3, -0.25) is 0 Å². The normalized spacial score (nSPS) is 11.9. The molecular weight excluding hydrogens is 328 g/mol. The van der Waals surface area contributed by atoms with E-state index in [-0.39, 0.29) is 6.10 Å². The summed E-state index contributed by atoms with van der Waals surface area (Å²) in [6, 6.07) is 27.5. The molecule has 0 aromatic heterocycles. The molecule has 0 spiro atoms. The number of benzene rings is 3. The van der Waals surface area contributed by atoms with Crippen LogP contribution in [0.4, 0.5) is 0 Å². The van der Waals surface area contributed by atoms with Crippen molar-refractivity contribution in [2.75, 3.05) is 0 Å². The predicted molar refractivity (Wildman–Crippen MR) is 116 cm³/mol. The fourth-order valence-corrected chi connectivity index (χ4v) is 3.47. The molecule has 0 saturated carbocycles. The molecule has 1 atom stereocenters. The van der Waals surface area contributed by atoms with Gasteiger partial charge in [0, 0.05) is 11.1 Å². The molecule has 1 heteroatoms. The molecule has 0 heterocycles. The van der Waals surface area contributed by atoms with E-state index in [9.17, 15) is 0 Å². The van der Waals surface area contributed by atoms with Crippen LogP contribution >= 0.6 is 0 Å². The first kappa shape index (κ1) is 19.2. The molecule has 0 aliphatic rings. The lowest BCUT2D eigenvalue weighted by Crippen LogP contribution is -2.13. The molecule has 0 aliphatic heterocycles. The molecule has 1 unspecified atom stereocenters. The Bertz CT molecular complexity index is 750. The first-order valence-corrected chi connectivity index (χ1v) is 10.2. The molecule has 0 aliphatic carbocycles. The number of rotatable bonds is 9. The Hall–Kier alpha value is -2.54. The maximum atomic E-state index is 6.57. The summed E-state index contributed by atoms with van der Waals surface area (Å²) in [6.07, 6.45) is 6.39. The molecule has 0 N–H and O–H groups in total. The molecule has 3 rings (SSSR count). The van der Waals surface area contributed by atoms with Gasteiger partial charge in [-0.1, -0.05) is 105 Å². The van der Waals surface area contributed by atoms with Gasteiger partial charge in [-0.2, -0.15) is 0 Å². The number of hydrogen-bond acceptors (Lipinski definition) is 1. The largest absolute Gasteiger partial charge is 0.489 e. The van der Waals surface area contributed by atoms with Crippen molar-refractivity contribution in [2.45, 2.75) is 52.1 Å². The zero-order valence-electron chi connectivity index (χ0n) is 16.5. The monoisotopic (exact) mass is 358 g/mol. The number of ether oxygens (including phenoxy) is 1. The molecule has 3 aromatic carbocycles.